The van der Waals surface area contributed by atoms with Gasteiger partial charge in [0.2, 0.25) is 0 Å². The Labute approximate surface area is 146 Å². The van der Waals surface area contributed by atoms with E-state index in [1.807, 2.05) is 30.3 Å². The molecule has 3 N–H and O–H groups in total. The summed E-state index contributed by atoms with van der Waals surface area (Å²) in [5.74, 6) is 0.152. The van der Waals surface area contributed by atoms with Crippen molar-refractivity contribution in [1.82, 2.24) is 9.78 Å². The molecule has 1 aliphatic rings. The molecule has 1 saturated heterocycles. The predicted molar refractivity (Wildman–Crippen MR) is 93.3 cm³/mol. The molecule has 2 heterocycles. The number of anilines is 2. The van der Waals surface area contributed by atoms with Crippen molar-refractivity contribution in [2.45, 2.75) is 25.3 Å². The highest BCUT2D eigenvalue weighted by atomic mass is 16.5. The van der Waals surface area contributed by atoms with Gasteiger partial charge in [-0.3, -0.25) is 9.48 Å². The molecule has 1 unspecified atom stereocenters. The Morgan fingerprint density at radius 1 is 1.40 bits per heavy atom. The number of carbonyl (C=O) groups excluding carboxylic acids is 1. The lowest BCUT2D eigenvalue weighted by Crippen LogP contribution is -2.26. The normalized spacial score (nSPS) is 16.1. The molecule has 0 aliphatic carbocycles. The van der Waals surface area contributed by atoms with Crippen molar-refractivity contribution in [3.8, 4) is 6.07 Å². The SMILES string of the molecule is N#CCC(C1CCOCC1)n1cc(C(N)=O)c(Nc2ccccc2)n1. The van der Waals surface area contributed by atoms with Gasteiger partial charge in [-0.25, -0.2) is 0 Å². The Bertz CT molecular complexity index is 760. The maximum absolute atomic E-state index is 11.8. The number of hydrogen-bond donors (Lipinski definition) is 2. The summed E-state index contributed by atoms with van der Waals surface area (Å²) in [4.78, 5) is 11.8. The first-order valence-corrected chi connectivity index (χ1v) is 8.34. The molecule has 7 heteroatoms. The topological polar surface area (TPSA) is 106 Å². The summed E-state index contributed by atoms with van der Waals surface area (Å²) in [5, 5.41) is 16.9. The smallest absolute Gasteiger partial charge is 0.254 e. The number of hydrogen-bond acceptors (Lipinski definition) is 5. The number of nitrogens with one attached hydrogen (secondary N) is 1. The fraction of sp³-hybridized carbons (Fsp3) is 0.389. The number of nitrogens with two attached hydrogens (primary N) is 1. The number of primary amides is 1. The van der Waals surface area contributed by atoms with Crippen molar-refractivity contribution < 1.29 is 9.53 Å². The number of nitrogens with zero attached hydrogens (tertiary/aromatic N) is 3. The molecule has 1 aromatic heterocycles. The molecule has 0 radical (unpaired) electrons. The fourth-order valence-corrected chi connectivity index (χ4v) is 3.16. The minimum absolute atomic E-state index is 0.0988. The number of nitriles is 1. The second kappa shape index (κ2) is 7.81. The van der Waals surface area contributed by atoms with E-state index >= 15 is 0 Å². The monoisotopic (exact) mass is 339 g/mol. The maximum atomic E-state index is 11.8. The summed E-state index contributed by atoms with van der Waals surface area (Å²) >= 11 is 0. The van der Waals surface area contributed by atoms with Gasteiger partial charge in [0.05, 0.1) is 18.5 Å². The average molecular weight is 339 g/mol. The van der Waals surface area contributed by atoms with E-state index < -0.39 is 5.91 Å². The quantitative estimate of drug-likeness (QED) is 0.841. The Morgan fingerprint density at radius 3 is 2.76 bits per heavy atom. The molecule has 2 aromatic rings. The summed E-state index contributed by atoms with van der Waals surface area (Å²) in [6.07, 6.45) is 3.72. The predicted octanol–water partition coefficient (Wildman–Crippen LogP) is 2.61. The molecule has 1 fully saturated rings. The van der Waals surface area contributed by atoms with Gasteiger partial charge in [-0.05, 0) is 30.9 Å². The van der Waals surface area contributed by atoms with Crippen LogP contribution in [-0.2, 0) is 4.74 Å². The van der Waals surface area contributed by atoms with Gasteiger partial charge in [0.15, 0.2) is 5.82 Å². The van der Waals surface area contributed by atoms with E-state index in [-0.39, 0.29) is 6.04 Å². The standard InChI is InChI=1S/C18H21N5O2/c19-9-6-16(13-7-10-25-11-8-13)23-12-15(17(20)24)18(22-23)21-14-4-2-1-3-5-14/h1-5,12-13,16H,6-8,10-11H2,(H2,20,24)(H,21,22). The molecule has 0 saturated carbocycles. The minimum atomic E-state index is -0.549. The molecule has 25 heavy (non-hydrogen) atoms. The van der Waals surface area contributed by atoms with E-state index in [9.17, 15) is 10.1 Å². The van der Waals surface area contributed by atoms with E-state index in [1.54, 1.807) is 10.9 Å². The number of rotatable bonds is 6. The number of aromatic nitrogens is 2. The Balaban J connectivity index is 1.91. The zero-order chi connectivity index (χ0) is 17.6. The van der Waals surface area contributed by atoms with Gasteiger partial charge in [0.1, 0.15) is 5.56 Å². The lowest BCUT2D eigenvalue weighted by atomic mass is 9.90. The summed E-state index contributed by atoms with van der Waals surface area (Å²) < 4.78 is 7.12. The highest BCUT2D eigenvalue weighted by Gasteiger charge is 2.28. The van der Waals surface area contributed by atoms with Crippen LogP contribution in [0.2, 0.25) is 0 Å². The second-order valence-electron chi connectivity index (χ2n) is 6.11. The number of ether oxygens (including phenoxy) is 1. The van der Waals surface area contributed by atoms with Crippen molar-refractivity contribution >= 4 is 17.4 Å². The molecule has 0 bridgehead atoms. The lowest BCUT2D eigenvalue weighted by Gasteiger charge is -2.29. The zero-order valence-electron chi connectivity index (χ0n) is 13.9. The van der Waals surface area contributed by atoms with Crippen molar-refractivity contribution in [1.29, 1.82) is 5.26 Å². The van der Waals surface area contributed by atoms with E-state index in [4.69, 9.17) is 10.5 Å². The summed E-state index contributed by atoms with van der Waals surface area (Å²) in [5.41, 5.74) is 6.65. The van der Waals surface area contributed by atoms with Gasteiger partial charge in [0.25, 0.3) is 5.91 Å². The van der Waals surface area contributed by atoms with Gasteiger partial charge in [-0.2, -0.15) is 10.4 Å². The van der Waals surface area contributed by atoms with Gasteiger partial charge in [0, 0.05) is 25.1 Å². The largest absolute Gasteiger partial charge is 0.381 e. The molecule has 7 nitrogen and oxygen atoms in total. The van der Waals surface area contributed by atoms with Crippen LogP contribution in [0.25, 0.3) is 0 Å². The number of carbonyl (C=O) groups is 1. The van der Waals surface area contributed by atoms with Crippen LogP contribution in [0.1, 0.15) is 35.7 Å². The Morgan fingerprint density at radius 2 is 2.12 bits per heavy atom. The van der Waals surface area contributed by atoms with Crippen LogP contribution in [0.5, 0.6) is 0 Å². The average Bonchev–Trinajstić information content (AvgIpc) is 3.05. The van der Waals surface area contributed by atoms with E-state index in [2.05, 4.69) is 16.5 Å². The van der Waals surface area contributed by atoms with Crippen molar-refractivity contribution in [3.05, 3.63) is 42.1 Å². The molecular weight excluding hydrogens is 318 g/mol. The zero-order valence-corrected chi connectivity index (χ0v) is 13.9. The molecule has 1 aromatic carbocycles. The molecule has 1 amide bonds. The Kier molecular flexibility index (Phi) is 5.31. The molecule has 1 aliphatic heterocycles. The molecular formula is C18H21N5O2. The van der Waals surface area contributed by atoms with Gasteiger partial charge in [-0.1, -0.05) is 18.2 Å². The highest BCUT2D eigenvalue weighted by Crippen LogP contribution is 2.31. The van der Waals surface area contributed by atoms with Gasteiger partial charge < -0.3 is 15.8 Å². The van der Waals surface area contributed by atoms with Gasteiger partial charge in [-0.15, -0.1) is 0 Å². The molecule has 3 rings (SSSR count). The first-order chi connectivity index (χ1) is 12.2. The van der Waals surface area contributed by atoms with E-state index in [0.29, 0.717) is 36.9 Å². The van der Waals surface area contributed by atoms with E-state index in [1.165, 1.54) is 0 Å². The van der Waals surface area contributed by atoms with Crippen LogP contribution >= 0.6 is 0 Å². The van der Waals surface area contributed by atoms with Gasteiger partial charge >= 0.3 is 0 Å². The first kappa shape index (κ1) is 17.0. The summed E-state index contributed by atoms with van der Waals surface area (Å²) in [6, 6.07) is 11.6. The molecule has 130 valence electrons. The first-order valence-electron chi connectivity index (χ1n) is 8.34. The number of amides is 1. The Hall–Kier alpha value is -2.85. The third-order valence-electron chi connectivity index (χ3n) is 4.48. The molecule has 1 atom stereocenters. The number of benzene rings is 1. The van der Waals surface area contributed by atoms with Crippen LogP contribution in [0.4, 0.5) is 11.5 Å². The van der Waals surface area contributed by atoms with Crippen LogP contribution in [-0.4, -0.2) is 28.9 Å². The summed E-state index contributed by atoms with van der Waals surface area (Å²) in [6.45, 7) is 1.37. The summed E-state index contributed by atoms with van der Waals surface area (Å²) in [7, 11) is 0. The highest BCUT2D eigenvalue weighted by molar-refractivity contribution is 5.98. The van der Waals surface area contributed by atoms with Crippen molar-refractivity contribution in [2.24, 2.45) is 11.7 Å². The fourth-order valence-electron chi connectivity index (χ4n) is 3.16. The minimum Gasteiger partial charge on any atom is -0.381 e. The van der Waals surface area contributed by atoms with Crippen molar-refractivity contribution in [2.75, 3.05) is 18.5 Å². The number of para-hydroxylation sites is 1. The van der Waals surface area contributed by atoms with Crippen LogP contribution in [0, 0.1) is 17.2 Å². The van der Waals surface area contributed by atoms with Crippen LogP contribution in [0.3, 0.4) is 0 Å². The van der Waals surface area contributed by atoms with Crippen molar-refractivity contribution in [3.63, 3.8) is 0 Å². The third kappa shape index (κ3) is 3.98. The van der Waals surface area contributed by atoms with Crippen LogP contribution in [0.15, 0.2) is 36.5 Å². The van der Waals surface area contributed by atoms with Crippen LogP contribution < -0.4 is 11.1 Å². The van der Waals surface area contributed by atoms with E-state index in [0.717, 1.165) is 18.5 Å². The molecule has 0 spiro atoms. The second-order valence-corrected chi connectivity index (χ2v) is 6.11. The maximum Gasteiger partial charge on any atom is 0.254 e. The lowest BCUT2D eigenvalue weighted by molar-refractivity contribution is 0.0473. The third-order valence-corrected chi connectivity index (χ3v) is 4.48.